The van der Waals surface area contributed by atoms with E-state index in [1.165, 1.54) is 0 Å². The van der Waals surface area contributed by atoms with Crippen LogP contribution in [0.1, 0.15) is 17.4 Å². The second-order valence-electron chi connectivity index (χ2n) is 3.45. The second-order valence-corrected chi connectivity index (χ2v) is 4.37. The molecule has 1 unspecified atom stereocenters. The summed E-state index contributed by atoms with van der Waals surface area (Å²) in [6.45, 7) is 0. The number of benzene rings is 1. The van der Waals surface area contributed by atoms with Crippen LogP contribution in [0.2, 0.25) is 0 Å². The molecule has 88 valence electrons. The van der Waals surface area contributed by atoms with E-state index in [1.54, 1.807) is 24.3 Å². The lowest BCUT2D eigenvalue weighted by Crippen LogP contribution is -2.06. The van der Waals surface area contributed by atoms with Crippen molar-refractivity contribution < 1.29 is 14.6 Å². The van der Waals surface area contributed by atoms with Gasteiger partial charge in [-0.3, -0.25) is 4.79 Å². The van der Waals surface area contributed by atoms with Crippen molar-refractivity contribution in [2.75, 3.05) is 0 Å². The van der Waals surface area contributed by atoms with Crippen molar-refractivity contribution in [3.05, 3.63) is 62.6 Å². The van der Waals surface area contributed by atoms with E-state index in [2.05, 4.69) is 15.9 Å². The van der Waals surface area contributed by atoms with Crippen LogP contribution in [-0.2, 0) is 0 Å². The summed E-state index contributed by atoms with van der Waals surface area (Å²) in [6, 6.07) is 7.92. The summed E-state index contributed by atoms with van der Waals surface area (Å²) >= 11 is 3.27. The summed E-state index contributed by atoms with van der Waals surface area (Å²) in [5, 5.41) is 19.5. The van der Waals surface area contributed by atoms with Crippen LogP contribution in [0.3, 0.4) is 0 Å². The minimum atomic E-state index is -1.17. The number of aliphatic hydroxyl groups excluding tert-OH is 1. The van der Waals surface area contributed by atoms with Crippen LogP contribution in [0.15, 0.2) is 50.3 Å². The molecule has 4 nitrogen and oxygen atoms in total. The largest absolute Gasteiger partial charge is 0.502 e. The van der Waals surface area contributed by atoms with Crippen molar-refractivity contribution in [1.29, 1.82) is 0 Å². The van der Waals surface area contributed by atoms with Gasteiger partial charge in [0.25, 0.3) is 0 Å². The van der Waals surface area contributed by atoms with E-state index in [4.69, 9.17) is 4.42 Å². The Kier molecular flexibility index (Phi) is 3.31. The van der Waals surface area contributed by atoms with Gasteiger partial charge in [-0.05, 0) is 17.7 Å². The molecule has 0 aliphatic carbocycles. The summed E-state index contributed by atoms with van der Waals surface area (Å²) in [7, 11) is 0. The van der Waals surface area contributed by atoms with Crippen molar-refractivity contribution in [3.8, 4) is 5.75 Å². The van der Waals surface area contributed by atoms with Gasteiger partial charge >= 0.3 is 0 Å². The smallest absolute Gasteiger partial charge is 0.226 e. The molecule has 0 aliphatic heterocycles. The van der Waals surface area contributed by atoms with Gasteiger partial charge in [-0.1, -0.05) is 28.1 Å². The first-order valence-electron chi connectivity index (χ1n) is 4.84. The quantitative estimate of drug-likeness (QED) is 0.891. The van der Waals surface area contributed by atoms with E-state index < -0.39 is 17.3 Å². The van der Waals surface area contributed by atoms with Gasteiger partial charge < -0.3 is 14.6 Å². The Morgan fingerprint density at radius 2 is 1.82 bits per heavy atom. The molecule has 5 heteroatoms. The molecular weight excluding hydrogens is 288 g/mol. The molecule has 1 atom stereocenters. The highest BCUT2D eigenvalue weighted by molar-refractivity contribution is 9.10. The van der Waals surface area contributed by atoms with E-state index in [0.29, 0.717) is 5.56 Å². The maximum atomic E-state index is 11.2. The molecule has 0 fully saturated rings. The molecule has 1 aromatic heterocycles. The first kappa shape index (κ1) is 11.9. The average molecular weight is 297 g/mol. The lowest BCUT2D eigenvalue weighted by atomic mass is 10.1. The number of hydrogen-bond acceptors (Lipinski definition) is 4. The Bertz CT molecular complexity index is 574. The highest BCUT2D eigenvalue weighted by Gasteiger charge is 2.19. The van der Waals surface area contributed by atoms with Crippen LogP contribution in [0, 0.1) is 0 Å². The van der Waals surface area contributed by atoms with E-state index in [-0.39, 0.29) is 5.76 Å². The Labute approximate surface area is 105 Å². The molecule has 0 amide bonds. The van der Waals surface area contributed by atoms with Gasteiger partial charge in [0.2, 0.25) is 11.2 Å². The van der Waals surface area contributed by atoms with Crippen molar-refractivity contribution in [3.63, 3.8) is 0 Å². The zero-order chi connectivity index (χ0) is 12.4. The Morgan fingerprint density at radius 3 is 2.47 bits per heavy atom. The van der Waals surface area contributed by atoms with Gasteiger partial charge in [0.05, 0.1) is 6.26 Å². The maximum Gasteiger partial charge on any atom is 0.226 e. The Hall–Kier alpha value is -1.59. The topological polar surface area (TPSA) is 70.7 Å². The first-order valence-corrected chi connectivity index (χ1v) is 5.63. The van der Waals surface area contributed by atoms with E-state index in [9.17, 15) is 15.0 Å². The van der Waals surface area contributed by atoms with Crippen LogP contribution in [-0.4, -0.2) is 10.2 Å². The Morgan fingerprint density at radius 1 is 1.18 bits per heavy atom. The molecular formula is C12H9BrO4. The van der Waals surface area contributed by atoms with Gasteiger partial charge in [-0.2, -0.15) is 0 Å². The third-order valence-corrected chi connectivity index (χ3v) is 2.84. The second kappa shape index (κ2) is 4.73. The number of aromatic hydroxyl groups is 1. The number of aliphatic hydroxyl groups is 1. The van der Waals surface area contributed by atoms with Crippen LogP contribution in [0.5, 0.6) is 5.75 Å². The van der Waals surface area contributed by atoms with E-state index in [1.807, 2.05) is 0 Å². The third kappa shape index (κ3) is 2.40. The fourth-order valence-electron chi connectivity index (χ4n) is 1.42. The van der Waals surface area contributed by atoms with Crippen LogP contribution in [0.4, 0.5) is 0 Å². The molecule has 2 rings (SSSR count). The molecule has 0 spiro atoms. The molecule has 17 heavy (non-hydrogen) atoms. The van der Waals surface area contributed by atoms with Gasteiger partial charge in [-0.25, -0.2) is 0 Å². The van der Waals surface area contributed by atoms with Crippen molar-refractivity contribution >= 4 is 15.9 Å². The van der Waals surface area contributed by atoms with Gasteiger partial charge in [0.15, 0.2) is 5.76 Å². The molecule has 1 aromatic carbocycles. The summed E-state index contributed by atoms with van der Waals surface area (Å²) in [4.78, 5) is 11.2. The third-order valence-electron chi connectivity index (χ3n) is 2.32. The maximum absolute atomic E-state index is 11.2. The van der Waals surface area contributed by atoms with Crippen molar-refractivity contribution in [1.82, 2.24) is 0 Å². The highest BCUT2D eigenvalue weighted by atomic mass is 79.9. The minimum Gasteiger partial charge on any atom is -0.502 e. The van der Waals surface area contributed by atoms with E-state index in [0.717, 1.165) is 16.8 Å². The number of rotatable bonds is 2. The average Bonchev–Trinajstić information content (AvgIpc) is 2.33. The standard InChI is InChI=1S/C12H9BrO4/c13-8-3-1-7(2-4-8)10(15)12-11(16)9(14)5-6-17-12/h1-6,10,15-16H. The van der Waals surface area contributed by atoms with Crippen LogP contribution in [0.25, 0.3) is 0 Å². The Balaban J connectivity index is 2.43. The fourth-order valence-corrected chi connectivity index (χ4v) is 1.68. The molecule has 0 saturated heterocycles. The van der Waals surface area contributed by atoms with E-state index >= 15 is 0 Å². The first-order chi connectivity index (χ1) is 8.09. The van der Waals surface area contributed by atoms with Crippen molar-refractivity contribution in [2.24, 2.45) is 0 Å². The summed E-state index contributed by atoms with van der Waals surface area (Å²) in [6.07, 6.45) is -0.0311. The van der Waals surface area contributed by atoms with Gasteiger partial charge in [0, 0.05) is 10.5 Å². The van der Waals surface area contributed by atoms with Gasteiger partial charge in [-0.15, -0.1) is 0 Å². The van der Waals surface area contributed by atoms with Crippen LogP contribution < -0.4 is 5.43 Å². The van der Waals surface area contributed by atoms with Crippen molar-refractivity contribution in [2.45, 2.75) is 6.10 Å². The molecule has 0 bridgehead atoms. The summed E-state index contributed by atoms with van der Waals surface area (Å²) in [5.74, 6) is -0.720. The van der Waals surface area contributed by atoms with Gasteiger partial charge in [0.1, 0.15) is 6.10 Å². The predicted molar refractivity (Wildman–Crippen MR) is 64.8 cm³/mol. The molecule has 0 radical (unpaired) electrons. The SMILES string of the molecule is O=c1ccoc(C(O)c2ccc(Br)cc2)c1O. The highest BCUT2D eigenvalue weighted by Crippen LogP contribution is 2.27. The lowest BCUT2D eigenvalue weighted by molar-refractivity contribution is 0.178. The summed E-state index contributed by atoms with van der Waals surface area (Å²) in [5.41, 5.74) is -0.0553. The fraction of sp³-hybridized carbons (Fsp3) is 0.0833. The lowest BCUT2D eigenvalue weighted by Gasteiger charge is -2.10. The molecule has 0 saturated carbocycles. The molecule has 0 aliphatic rings. The zero-order valence-electron chi connectivity index (χ0n) is 8.63. The van der Waals surface area contributed by atoms with Crippen LogP contribution >= 0.6 is 15.9 Å². The number of hydrogen-bond donors (Lipinski definition) is 2. The molecule has 2 N–H and O–H groups in total. The monoisotopic (exact) mass is 296 g/mol. The predicted octanol–water partition coefficient (Wildman–Crippen LogP) is 2.19. The minimum absolute atomic E-state index is 0.153. The zero-order valence-corrected chi connectivity index (χ0v) is 10.2. The molecule has 1 heterocycles. The normalized spacial score (nSPS) is 12.4. The summed E-state index contributed by atoms with van der Waals surface area (Å²) < 4.78 is 5.84. The molecule has 2 aromatic rings. The number of halogens is 1.